The van der Waals surface area contributed by atoms with Crippen LogP contribution in [0.2, 0.25) is 0 Å². The van der Waals surface area contributed by atoms with Gasteiger partial charge >= 0.3 is 0 Å². The summed E-state index contributed by atoms with van der Waals surface area (Å²) in [6.45, 7) is 2.10. The van der Waals surface area contributed by atoms with E-state index in [2.05, 4.69) is 11.9 Å². The summed E-state index contributed by atoms with van der Waals surface area (Å²) in [5, 5.41) is 0. The first-order valence-electron chi connectivity index (χ1n) is 5.06. The Morgan fingerprint density at radius 3 is 2.73 bits per heavy atom. The van der Waals surface area contributed by atoms with Crippen LogP contribution in [0, 0.1) is 0 Å². The van der Waals surface area contributed by atoms with Crippen molar-refractivity contribution in [3.8, 4) is 0 Å². The summed E-state index contributed by atoms with van der Waals surface area (Å²) >= 11 is 0. The molecule has 0 fully saturated rings. The van der Waals surface area contributed by atoms with Gasteiger partial charge in [-0.3, -0.25) is 4.98 Å². The topological polar surface area (TPSA) is 47.0 Å². The Bertz CT molecular complexity index is 386. The first-order valence-corrected chi connectivity index (χ1v) is 7.13. The van der Waals surface area contributed by atoms with Gasteiger partial charge in [0.25, 0.3) is 0 Å². The van der Waals surface area contributed by atoms with Gasteiger partial charge in [0.05, 0.1) is 0 Å². The molecule has 84 valence electrons. The molecule has 1 unspecified atom stereocenters. The molecule has 1 aromatic rings. The second-order valence-corrected chi connectivity index (χ2v) is 6.22. The van der Waals surface area contributed by atoms with Crippen molar-refractivity contribution in [2.45, 2.75) is 25.7 Å². The highest BCUT2D eigenvalue weighted by Crippen LogP contribution is 2.19. The van der Waals surface area contributed by atoms with Gasteiger partial charge in [0.2, 0.25) is 0 Å². The van der Waals surface area contributed by atoms with E-state index >= 15 is 0 Å². The summed E-state index contributed by atoms with van der Waals surface area (Å²) < 4.78 is 21.9. The number of pyridine rings is 1. The van der Waals surface area contributed by atoms with E-state index < -0.39 is 9.84 Å². The number of hydrogen-bond acceptors (Lipinski definition) is 3. The molecule has 1 atom stereocenters. The molecule has 0 spiro atoms. The van der Waals surface area contributed by atoms with Gasteiger partial charge in [-0.2, -0.15) is 0 Å². The zero-order chi connectivity index (χ0) is 11.3. The Hall–Kier alpha value is -0.900. The van der Waals surface area contributed by atoms with Gasteiger partial charge in [0, 0.05) is 24.4 Å². The molecule has 3 nitrogen and oxygen atoms in total. The second-order valence-electron chi connectivity index (χ2n) is 3.96. The zero-order valence-electron chi connectivity index (χ0n) is 9.18. The second kappa shape index (κ2) is 5.26. The normalized spacial score (nSPS) is 13.7. The fourth-order valence-electron chi connectivity index (χ4n) is 1.49. The minimum absolute atomic E-state index is 0.275. The minimum Gasteiger partial charge on any atom is -0.264 e. The van der Waals surface area contributed by atoms with Crippen molar-refractivity contribution < 1.29 is 8.42 Å². The van der Waals surface area contributed by atoms with Crippen LogP contribution in [0.3, 0.4) is 0 Å². The molecule has 0 saturated heterocycles. The quantitative estimate of drug-likeness (QED) is 0.773. The summed E-state index contributed by atoms with van der Waals surface area (Å²) in [4.78, 5) is 4.04. The van der Waals surface area contributed by atoms with Crippen molar-refractivity contribution in [1.29, 1.82) is 0 Å². The number of rotatable bonds is 5. The summed E-state index contributed by atoms with van der Waals surface area (Å²) in [6.07, 6.45) is 6.47. The molecule has 0 bridgehead atoms. The van der Waals surface area contributed by atoms with E-state index in [0.29, 0.717) is 5.92 Å². The van der Waals surface area contributed by atoms with Crippen LogP contribution in [-0.2, 0) is 9.84 Å². The minimum atomic E-state index is -2.82. The van der Waals surface area contributed by atoms with Crippen LogP contribution >= 0.6 is 0 Å². The SMILES string of the molecule is CC(CCCS(C)(=O)=O)c1cccnc1. The molecular weight excluding hydrogens is 210 g/mol. The van der Waals surface area contributed by atoms with Gasteiger partial charge in [-0.1, -0.05) is 13.0 Å². The Labute approximate surface area is 91.5 Å². The lowest BCUT2D eigenvalue weighted by molar-refractivity contribution is 0.591. The van der Waals surface area contributed by atoms with E-state index in [4.69, 9.17) is 0 Å². The van der Waals surface area contributed by atoms with E-state index in [-0.39, 0.29) is 5.75 Å². The third-order valence-electron chi connectivity index (χ3n) is 2.41. The van der Waals surface area contributed by atoms with Crippen LogP contribution in [0.15, 0.2) is 24.5 Å². The molecule has 0 aliphatic carbocycles. The fourth-order valence-corrected chi connectivity index (χ4v) is 2.18. The molecule has 0 radical (unpaired) electrons. The van der Waals surface area contributed by atoms with E-state index in [9.17, 15) is 8.42 Å². The third kappa shape index (κ3) is 4.93. The van der Waals surface area contributed by atoms with Crippen molar-refractivity contribution in [3.63, 3.8) is 0 Å². The number of nitrogens with zero attached hydrogens (tertiary/aromatic N) is 1. The first kappa shape index (κ1) is 12.2. The molecule has 1 aromatic heterocycles. The Kier molecular flexibility index (Phi) is 4.27. The van der Waals surface area contributed by atoms with Gasteiger partial charge in [-0.15, -0.1) is 0 Å². The molecule has 0 amide bonds. The lowest BCUT2D eigenvalue weighted by atomic mass is 9.98. The van der Waals surface area contributed by atoms with Crippen LogP contribution in [0.5, 0.6) is 0 Å². The number of sulfone groups is 1. The summed E-state index contributed by atoms with van der Waals surface area (Å²) in [5.41, 5.74) is 1.17. The van der Waals surface area contributed by atoms with Gasteiger partial charge in [-0.05, 0) is 30.4 Å². The lowest BCUT2D eigenvalue weighted by Crippen LogP contribution is -2.04. The third-order valence-corrected chi connectivity index (χ3v) is 3.44. The predicted octanol–water partition coefficient (Wildman–Crippen LogP) is 2.01. The molecule has 0 aromatic carbocycles. The molecule has 0 aliphatic heterocycles. The fraction of sp³-hybridized carbons (Fsp3) is 0.545. The highest BCUT2D eigenvalue weighted by molar-refractivity contribution is 7.90. The van der Waals surface area contributed by atoms with Crippen molar-refractivity contribution in [2.24, 2.45) is 0 Å². The predicted molar refractivity (Wildman–Crippen MR) is 61.6 cm³/mol. The van der Waals surface area contributed by atoms with Crippen molar-refractivity contribution in [2.75, 3.05) is 12.0 Å². The maximum atomic E-state index is 10.9. The van der Waals surface area contributed by atoms with Crippen LogP contribution in [0.25, 0.3) is 0 Å². The summed E-state index contributed by atoms with van der Waals surface area (Å²) in [5.74, 6) is 0.651. The standard InChI is InChI=1S/C11H17NO2S/c1-10(5-4-8-15(2,13)14)11-6-3-7-12-9-11/h3,6-7,9-10H,4-5,8H2,1-2H3. The lowest BCUT2D eigenvalue weighted by Gasteiger charge is -2.10. The van der Waals surface area contributed by atoms with E-state index in [1.54, 1.807) is 6.20 Å². The Morgan fingerprint density at radius 1 is 1.47 bits per heavy atom. The van der Waals surface area contributed by atoms with Crippen LogP contribution in [0.1, 0.15) is 31.2 Å². The van der Waals surface area contributed by atoms with Crippen molar-refractivity contribution in [3.05, 3.63) is 30.1 Å². The maximum Gasteiger partial charge on any atom is 0.147 e. The average molecular weight is 227 g/mol. The maximum absolute atomic E-state index is 10.9. The average Bonchev–Trinajstić information content (AvgIpc) is 2.17. The van der Waals surface area contributed by atoms with Gasteiger partial charge in [0.1, 0.15) is 9.84 Å². The summed E-state index contributed by atoms with van der Waals surface area (Å²) in [7, 11) is -2.82. The van der Waals surface area contributed by atoms with Gasteiger partial charge < -0.3 is 0 Å². The largest absolute Gasteiger partial charge is 0.264 e. The van der Waals surface area contributed by atoms with Gasteiger partial charge in [0.15, 0.2) is 0 Å². The Morgan fingerprint density at radius 2 is 2.20 bits per heavy atom. The van der Waals surface area contributed by atoms with Crippen molar-refractivity contribution >= 4 is 9.84 Å². The first-order chi connectivity index (χ1) is 6.99. The monoisotopic (exact) mass is 227 g/mol. The highest BCUT2D eigenvalue weighted by Gasteiger charge is 2.07. The van der Waals surface area contributed by atoms with Crippen LogP contribution in [0.4, 0.5) is 0 Å². The molecule has 4 heteroatoms. The number of aromatic nitrogens is 1. The number of hydrogen-bond donors (Lipinski definition) is 0. The van der Waals surface area contributed by atoms with Gasteiger partial charge in [-0.25, -0.2) is 8.42 Å². The summed E-state index contributed by atoms with van der Waals surface area (Å²) in [6, 6.07) is 3.93. The molecule has 0 saturated carbocycles. The zero-order valence-corrected chi connectivity index (χ0v) is 10.00. The molecule has 1 rings (SSSR count). The molecular formula is C11H17NO2S. The van der Waals surface area contributed by atoms with Crippen molar-refractivity contribution in [1.82, 2.24) is 4.98 Å². The molecule has 0 aliphatic rings. The van der Waals surface area contributed by atoms with E-state index in [1.807, 2.05) is 18.3 Å². The van der Waals surface area contributed by atoms with E-state index in [0.717, 1.165) is 12.8 Å². The molecule has 0 N–H and O–H groups in total. The van der Waals surface area contributed by atoms with Crippen LogP contribution in [-0.4, -0.2) is 25.4 Å². The highest BCUT2D eigenvalue weighted by atomic mass is 32.2. The van der Waals surface area contributed by atoms with Crippen LogP contribution < -0.4 is 0 Å². The molecule has 15 heavy (non-hydrogen) atoms. The molecule has 1 heterocycles. The van der Waals surface area contributed by atoms with E-state index in [1.165, 1.54) is 11.8 Å². The smallest absolute Gasteiger partial charge is 0.147 e. The Balaban J connectivity index is 2.41.